The fourth-order valence-electron chi connectivity index (χ4n) is 1.67. The van der Waals surface area contributed by atoms with E-state index in [1.807, 2.05) is 25.3 Å². The maximum atomic E-state index is 12.0. The molecule has 0 spiro atoms. The van der Waals surface area contributed by atoms with Crippen LogP contribution in [0, 0.1) is 17.2 Å². The Hall–Kier alpha value is -2.40. The molecule has 0 fully saturated rings. The van der Waals surface area contributed by atoms with Gasteiger partial charge in [-0.2, -0.15) is 9.94 Å². The van der Waals surface area contributed by atoms with Gasteiger partial charge in [0.25, 0.3) is 5.89 Å². The maximum absolute atomic E-state index is 12.0. The Kier molecular flexibility index (Phi) is 4.47. The molecule has 0 aliphatic carbocycles. The molecule has 0 bridgehead atoms. The topological polar surface area (TPSA) is 101 Å². The van der Waals surface area contributed by atoms with Gasteiger partial charge in [-0.25, -0.2) is 4.79 Å². The van der Waals surface area contributed by atoms with Gasteiger partial charge in [0, 0.05) is 0 Å². The highest BCUT2D eigenvalue weighted by Gasteiger charge is 2.30. The van der Waals surface area contributed by atoms with Gasteiger partial charge >= 0.3 is 5.76 Å². The summed E-state index contributed by atoms with van der Waals surface area (Å²) in [5, 5.41) is 17.6. The fraction of sp³-hybridized carbons (Fsp3) is 0.429. The minimum atomic E-state index is -0.999. The zero-order chi connectivity index (χ0) is 16.3. The molecule has 0 aliphatic rings. The van der Waals surface area contributed by atoms with Crippen molar-refractivity contribution >= 4 is 17.2 Å². The molecule has 116 valence electrons. The average molecular weight is 320 g/mol. The molecule has 0 radical (unpaired) electrons. The quantitative estimate of drug-likeness (QED) is 0.902. The van der Waals surface area contributed by atoms with E-state index >= 15 is 0 Å². The number of amides is 1. The van der Waals surface area contributed by atoms with Crippen LogP contribution in [0.1, 0.15) is 20.8 Å². The lowest BCUT2D eigenvalue weighted by molar-refractivity contribution is -0.123. The lowest BCUT2D eigenvalue weighted by Crippen LogP contribution is -2.50. The summed E-state index contributed by atoms with van der Waals surface area (Å²) < 4.78 is 5.97. The first kappa shape index (κ1) is 16.0. The van der Waals surface area contributed by atoms with Gasteiger partial charge in [0.15, 0.2) is 0 Å². The molecule has 0 saturated carbocycles. The van der Waals surface area contributed by atoms with E-state index in [4.69, 9.17) is 4.42 Å². The highest BCUT2D eigenvalue weighted by Crippen LogP contribution is 2.21. The minimum Gasteiger partial charge on any atom is -0.387 e. The third-order valence-electron chi connectivity index (χ3n) is 3.42. The van der Waals surface area contributed by atoms with E-state index in [1.165, 1.54) is 11.3 Å². The third kappa shape index (κ3) is 3.26. The van der Waals surface area contributed by atoms with Gasteiger partial charge in [-0.15, -0.1) is 16.4 Å². The first-order chi connectivity index (χ1) is 10.4. The number of nitrogens with zero attached hydrogens (tertiary/aromatic N) is 3. The Balaban J connectivity index is 2.13. The van der Waals surface area contributed by atoms with Crippen LogP contribution in [-0.2, 0) is 11.3 Å². The SMILES string of the molecule is CC(C)[C@@](C)(C#N)NC(=O)Cn1nc(-c2cccs2)oc1=O. The summed E-state index contributed by atoms with van der Waals surface area (Å²) in [5.41, 5.74) is -0.999. The van der Waals surface area contributed by atoms with E-state index in [9.17, 15) is 14.9 Å². The van der Waals surface area contributed by atoms with Gasteiger partial charge < -0.3 is 9.73 Å². The molecule has 2 aromatic heterocycles. The molecule has 0 aromatic carbocycles. The normalized spacial score (nSPS) is 13.6. The van der Waals surface area contributed by atoms with Gasteiger partial charge in [0.1, 0.15) is 12.1 Å². The summed E-state index contributed by atoms with van der Waals surface area (Å²) in [6, 6.07) is 5.66. The van der Waals surface area contributed by atoms with Crippen LogP contribution in [0.5, 0.6) is 0 Å². The van der Waals surface area contributed by atoms with Gasteiger partial charge in [0.05, 0.1) is 10.9 Å². The number of nitrogens with one attached hydrogen (secondary N) is 1. The van der Waals surface area contributed by atoms with Crippen molar-refractivity contribution in [2.45, 2.75) is 32.9 Å². The Labute approximate surface area is 131 Å². The average Bonchev–Trinajstić information content (AvgIpc) is 3.09. The lowest BCUT2D eigenvalue weighted by atomic mass is 9.90. The van der Waals surface area contributed by atoms with Crippen LogP contribution >= 0.6 is 11.3 Å². The summed E-state index contributed by atoms with van der Waals surface area (Å²) in [4.78, 5) is 24.5. The predicted molar refractivity (Wildman–Crippen MR) is 81.1 cm³/mol. The highest BCUT2D eigenvalue weighted by molar-refractivity contribution is 7.13. The van der Waals surface area contributed by atoms with E-state index in [-0.39, 0.29) is 18.4 Å². The molecule has 0 unspecified atom stereocenters. The predicted octanol–water partition coefficient (Wildman–Crippen LogP) is 1.62. The molecule has 0 aliphatic heterocycles. The van der Waals surface area contributed by atoms with E-state index < -0.39 is 17.2 Å². The summed E-state index contributed by atoms with van der Waals surface area (Å²) >= 11 is 1.38. The standard InChI is InChI=1S/C14H16N4O3S/c1-9(2)14(3,8-15)16-11(19)7-18-13(20)21-12(17-18)10-5-4-6-22-10/h4-6,9H,7H2,1-3H3,(H,16,19)/t14-/m1/s1. The number of rotatable bonds is 5. The Morgan fingerprint density at radius 3 is 2.91 bits per heavy atom. The first-order valence-electron chi connectivity index (χ1n) is 6.70. The zero-order valence-corrected chi connectivity index (χ0v) is 13.3. The molecule has 1 N–H and O–H groups in total. The van der Waals surface area contributed by atoms with Crippen molar-refractivity contribution in [2.24, 2.45) is 5.92 Å². The molecule has 8 heteroatoms. The van der Waals surface area contributed by atoms with Crippen molar-refractivity contribution in [1.29, 1.82) is 5.26 Å². The number of thiophene rings is 1. The molecule has 7 nitrogen and oxygen atoms in total. The van der Waals surface area contributed by atoms with Crippen molar-refractivity contribution in [3.8, 4) is 16.8 Å². The molecular formula is C14H16N4O3S. The van der Waals surface area contributed by atoms with E-state index in [2.05, 4.69) is 16.5 Å². The molecule has 22 heavy (non-hydrogen) atoms. The fourth-order valence-corrected chi connectivity index (χ4v) is 2.32. The zero-order valence-electron chi connectivity index (χ0n) is 12.5. The number of nitriles is 1. The molecular weight excluding hydrogens is 304 g/mol. The third-order valence-corrected chi connectivity index (χ3v) is 4.28. The number of carbonyl (C=O) groups is 1. The summed E-state index contributed by atoms with van der Waals surface area (Å²) in [6.07, 6.45) is 0. The van der Waals surface area contributed by atoms with E-state index in [0.29, 0.717) is 4.88 Å². The van der Waals surface area contributed by atoms with Crippen LogP contribution in [0.25, 0.3) is 10.8 Å². The minimum absolute atomic E-state index is 0.0721. The van der Waals surface area contributed by atoms with Crippen molar-refractivity contribution in [3.05, 3.63) is 28.1 Å². The number of carbonyl (C=O) groups excluding carboxylic acids is 1. The second-order valence-corrected chi connectivity index (χ2v) is 6.27. The summed E-state index contributed by atoms with van der Waals surface area (Å²) in [7, 11) is 0. The molecule has 0 saturated heterocycles. The molecule has 2 rings (SSSR count). The van der Waals surface area contributed by atoms with Crippen LogP contribution in [0.3, 0.4) is 0 Å². The maximum Gasteiger partial charge on any atom is 0.437 e. The monoisotopic (exact) mass is 320 g/mol. The Bertz CT molecular complexity index is 754. The van der Waals surface area contributed by atoms with Gasteiger partial charge in [-0.3, -0.25) is 4.79 Å². The Morgan fingerprint density at radius 1 is 1.64 bits per heavy atom. The van der Waals surface area contributed by atoms with Crippen LogP contribution in [-0.4, -0.2) is 21.2 Å². The molecule has 2 heterocycles. The second-order valence-electron chi connectivity index (χ2n) is 5.33. The van der Waals surface area contributed by atoms with Crippen LogP contribution in [0.2, 0.25) is 0 Å². The molecule has 1 atom stereocenters. The summed E-state index contributed by atoms with van der Waals surface area (Å²) in [6.45, 7) is 5.01. The van der Waals surface area contributed by atoms with Crippen LogP contribution < -0.4 is 11.1 Å². The highest BCUT2D eigenvalue weighted by atomic mass is 32.1. The van der Waals surface area contributed by atoms with Crippen molar-refractivity contribution in [1.82, 2.24) is 15.1 Å². The van der Waals surface area contributed by atoms with Crippen molar-refractivity contribution < 1.29 is 9.21 Å². The van der Waals surface area contributed by atoms with Crippen molar-refractivity contribution in [2.75, 3.05) is 0 Å². The molecule has 1 amide bonds. The largest absolute Gasteiger partial charge is 0.437 e. The number of hydrogen-bond acceptors (Lipinski definition) is 6. The van der Waals surface area contributed by atoms with Gasteiger partial charge in [-0.05, 0) is 24.3 Å². The van der Waals surface area contributed by atoms with Crippen LogP contribution in [0.15, 0.2) is 26.7 Å². The number of aromatic nitrogens is 2. The first-order valence-corrected chi connectivity index (χ1v) is 7.58. The smallest absolute Gasteiger partial charge is 0.387 e. The number of hydrogen-bond donors (Lipinski definition) is 1. The lowest BCUT2D eigenvalue weighted by Gasteiger charge is -2.27. The molecule has 2 aromatic rings. The van der Waals surface area contributed by atoms with E-state index in [1.54, 1.807) is 13.0 Å². The van der Waals surface area contributed by atoms with Crippen molar-refractivity contribution in [3.63, 3.8) is 0 Å². The summed E-state index contributed by atoms with van der Waals surface area (Å²) in [5.74, 6) is -1.07. The van der Waals surface area contributed by atoms with Gasteiger partial charge in [-0.1, -0.05) is 19.9 Å². The Morgan fingerprint density at radius 2 is 2.36 bits per heavy atom. The van der Waals surface area contributed by atoms with Crippen LogP contribution in [0.4, 0.5) is 0 Å². The second kappa shape index (κ2) is 6.15. The van der Waals surface area contributed by atoms with Gasteiger partial charge in [0.2, 0.25) is 5.91 Å². The van der Waals surface area contributed by atoms with E-state index in [0.717, 1.165) is 4.68 Å².